The number of rotatable bonds is 15. The summed E-state index contributed by atoms with van der Waals surface area (Å²) in [5.41, 5.74) is 17.4. The Bertz CT molecular complexity index is 5400. The molecule has 28 nitrogen and oxygen atoms in total. The number of nitrogens with zero attached hydrogens (tertiary/aromatic N) is 4. The number of primary sulfonamides is 3. The first-order chi connectivity index (χ1) is 54.7. The number of amides is 6. The highest BCUT2D eigenvalue weighted by Crippen LogP contribution is 2.31. The molecule has 3 aromatic heterocycles. The smallest absolute Gasteiger partial charge is 0.341 e. The van der Waals surface area contributed by atoms with Crippen LogP contribution in [0.25, 0.3) is 33.4 Å². The van der Waals surface area contributed by atoms with Gasteiger partial charge in [0.25, 0.3) is 26.0 Å². The fraction of sp³-hybridized carbons (Fsp3) is 0.0875. The van der Waals surface area contributed by atoms with Crippen LogP contribution in [-0.4, -0.2) is 102 Å². The van der Waals surface area contributed by atoms with Crippen molar-refractivity contribution in [2.45, 2.75) is 59.7 Å². The lowest BCUT2D eigenvalue weighted by atomic mass is 10.1. The first-order valence-corrected chi connectivity index (χ1v) is 45.4. The summed E-state index contributed by atoms with van der Waals surface area (Å²) in [6.45, 7) is 7.15. The maximum Gasteiger partial charge on any atom is 0.341 e. The molecule has 0 spiro atoms. The Kier molecular flexibility index (Phi) is 38.2. The summed E-state index contributed by atoms with van der Waals surface area (Å²) in [5, 5.41) is 26.2. The van der Waals surface area contributed by atoms with Crippen molar-refractivity contribution in [1.82, 2.24) is 15.0 Å². The normalized spacial score (nSPS) is 11.9. The SMILES string of the molecule is CC.CC1=CC(=O)N(c2ccc(Br)cn2)C1=O.CC1=CC(=O)OC1=O.NS(=O)(=O)c1ccccc1-c1ccc(NC(=O)/C=C\C(=O)Nc2ccc(Br)cc2)cc1.NS(=O)(=O)c1ccccc1-c1ccc(NC(=O)/C=C\C(=O)Nc2ccc(Br)cn2)cc1.Nc1ccc(-c2ccccc2S(N)(=O)=O)cc1.Nc1ccc(Br)cn1.[CH3][Al]([CH3])[CH3]. The van der Waals surface area contributed by atoms with Gasteiger partial charge < -0.3 is 37.5 Å². The molecule has 602 valence electrons. The highest BCUT2D eigenvalue weighted by atomic mass is 79.9. The standard InChI is InChI=1S/C22H18BrN3O4S.C21H17BrN4O4S.C12H12N2O2S.C10H7BrN2O2.C5H5BrN2.C5H4O3.C2H6.3CH3.Al/c23-16-7-11-18(12-8-16)26-22(28)14-13-21(27)25-17-9-5-15(6-10-17)19-3-1-2-4-20(19)31(24,29)30;22-15-7-10-19(24-13-15)26-21(28)12-11-20(27)25-16-8-5-14(6-9-16)17-3-1-2-4-18(17)31(23,29)30;13-10-7-5-9(6-8-10)11-3-1-2-4-12(11)17(14,15)16;1-6-4-9(14)13(10(6)15)8-3-2-7(11)5-12-8;6-4-1-2-5(7)8-3-4;1-3-2-4(6)8-5(3)7;1-2;;;;/h1-14H,(H,25,27)(H,26,28)(H2,24,29,30);1-13H,(H,25,27)(H2,23,29,30)(H,24,26,28);1-8H,13H2,(H2,14,15,16);2-5H,1H3;1-3H,(H2,7,8);2H,1H3;1-2H3;3*1H3;/b14-13-;12-11-;;;;;;;;;. The van der Waals surface area contributed by atoms with Gasteiger partial charge in [0.2, 0.25) is 53.7 Å². The molecule has 0 saturated carbocycles. The number of hydrogen-bond acceptors (Lipinski definition) is 20. The second-order valence-corrected chi connectivity index (χ2v) is 35.9. The molecule has 116 heavy (non-hydrogen) atoms. The number of pyridine rings is 3. The number of nitrogens with one attached hydrogen (secondary N) is 4. The third-order valence-electron chi connectivity index (χ3n) is 14.2. The van der Waals surface area contributed by atoms with Crippen molar-refractivity contribution in [3.63, 3.8) is 0 Å². The monoisotopic (exact) mass is 1900 g/mol. The number of carbonyl (C=O) groups is 8. The van der Waals surface area contributed by atoms with Gasteiger partial charge >= 0.3 is 11.9 Å². The summed E-state index contributed by atoms with van der Waals surface area (Å²) in [7, 11) is -11.5. The lowest BCUT2D eigenvalue weighted by Crippen LogP contribution is -2.31. The Morgan fingerprint density at radius 3 is 1.05 bits per heavy atom. The predicted octanol–water partition coefficient (Wildman–Crippen LogP) is 14.3. The van der Waals surface area contributed by atoms with E-state index < -0.39 is 65.6 Å². The fourth-order valence-corrected chi connectivity index (χ4v) is 12.4. The molecule has 0 saturated heterocycles. The van der Waals surface area contributed by atoms with E-state index in [1.54, 1.807) is 201 Å². The van der Waals surface area contributed by atoms with Gasteiger partial charge in [-0.15, -0.1) is 17.4 Å². The minimum absolute atomic E-state index is 0.0148. The number of hydrogen-bond donors (Lipinski definition) is 9. The molecule has 36 heteroatoms. The van der Waals surface area contributed by atoms with Gasteiger partial charge in [0.1, 0.15) is 17.5 Å². The number of nitrogen functional groups attached to an aromatic ring is 2. The maximum absolute atomic E-state index is 12.1. The summed E-state index contributed by atoms with van der Waals surface area (Å²) in [6.07, 6.45) is 11.7. The molecule has 5 heterocycles. The van der Waals surface area contributed by atoms with Crippen molar-refractivity contribution in [2.24, 2.45) is 15.4 Å². The summed E-state index contributed by atoms with van der Waals surface area (Å²) < 4.78 is 77.5. The molecule has 2 aliphatic heterocycles. The van der Waals surface area contributed by atoms with Gasteiger partial charge in [-0.1, -0.05) is 121 Å². The lowest BCUT2D eigenvalue weighted by Gasteiger charge is -2.12. The van der Waals surface area contributed by atoms with Crippen LogP contribution >= 0.6 is 63.7 Å². The van der Waals surface area contributed by atoms with Crippen LogP contribution in [0.4, 0.5) is 40.2 Å². The fourth-order valence-electron chi connectivity index (χ4n) is 9.12. The molecule has 0 atom stereocenters. The van der Waals surface area contributed by atoms with Gasteiger partial charge in [-0.2, -0.15) is 0 Å². The molecule has 0 unspecified atom stereocenters. The molecular weight excluding hydrogens is 1830 g/mol. The zero-order chi connectivity index (χ0) is 86.0. The van der Waals surface area contributed by atoms with E-state index in [2.05, 4.69) is 122 Å². The van der Waals surface area contributed by atoms with Crippen LogP contribution in [0.1, 0.15) is 27.7 Å². The quantitative estimate of drug-likeness (QED) is 0.0115. The lowest BCUT2D eigenvalue weighted by molar-refractivity contribution is -0.150. The van der Waals surface area contributed by atoms with Crippen LogP contribution in [0.5, 0.6) is 0 Å². The van der Waals surface area contributed by atoms with Crippen molar-refractivity contribution in [3.8, 4) is 33.4 Å². The Labute approximate surface area is 709 Å². The molecule has 14 N–H and O–H groups in total. The van der Waals surface area contributed by atoms with E-state index in [9.17, 15) is 63.6 Å². The van der Waals surface area contributed by atoms with Crippen molar-refractivity contribution in [1.29, 1.82) is 0 Å². The first kappa shape index (κ1) is 95.5. The largest absolute Gasteiger partial charge is 0.399 e. The van der Waals surface area contributed by atoms with Crippen LogP contribution in [0.2, 0.25) is 17.4 Å². The molecule has 10 aromatic rings. The third-order valence-corrected chi connectivity index (χ3v) is 19.1. The highest BCUT2D eigenvalue weighted by molar-refractivity contribution is 9.11. The number of nitrogens with two attached hydrogens (primary N) is 5. The zero-order valence-electron chi connectivity index (χ0n) is 62.9. The van der Waals surface area contributed by atoms with Gasteiger partial charge in [-0.25, -0.2) is 70.1 Å². The van der Waals surface area contributed by atoms with E-state index in [0.717, 1.165) is 52.7 Å². The molecule has 7 aromatic carbocycles. The van der Waals surface area contributed by atoms with Gasteiger partial charge in [0.15, 0.2) is 0 Å². The Morgan fingerprint density at radius 1 is 0.422 bits per heavy atom. The van der Waals surface area contributed by atoms with E-state index >= 15 is 0 Å². The van der Waals surface area contributed by atoms with Crippen LogP contribution in [0.3, 0.4) is 0 Å². The van der Waals surface area contributed by atoms with Crippen LogP contribution < -0.4 is 53.1 Å². The maximum atomic E-state index is 12.1. The van der Waals surface area contributed by atoms with E-state index in [-0.39, 0.29) is 40.6 Å². The van der Waals surface area contributed by atoms with Gasteiger partial charge in [-0.05, 0) is 194 Å². The number of sulfonamides is 3. The summed E-state index contributed by atoms with van der Waals surface area (Å²) >= 11 is 12.9. The summed E-state index contributed by atoms with van der Waals surface area (Å²) in [6, 6.07) is 56.8. The topological polar surface area (TPSA) is 468 Å². The average Bonchev–Trinajstić information content (AvgIpc) is 1.03. The number of ether oxygens (including phenoxy) is 1. The Morgan fingerprint density at radius 2 is 0.759 bits per heavy atom. The number of aromatic nitrogens is 3. The van der Waals surface area contributed by atoms with Gasteiger partial charge in [0.05, 0.1) is 14.7 Å². The van der Waals surface area contributed by atoms with Crippen LogP contribution in [0.15, 0.2) is 305 Å². The van der Waals surface area contributed by atoms with E-state index in [1.807, 2.05) is 19.9 Å². The minimum Gasteiger partial charge on any atom is -0.399 e. The number of carbonyl (C=O) groups excluding carboxylic acids is 8. The molecule has 0 bridgehead atoms. The summed E-state index contributed by atoms with van der Waals surface area (Å²) in [4.78, 5) is 104. The molecule has 6 amide bonds. The van der Waals surface area contributed by atoms with E-state index in [4.69, 9.17) is 26.9 Å². The van der Waals surface area contributed by atoms with Crippen molar-refractivity contribution in [2.75, 3.05) is 37.6 Å². The molecule has 0 aliphatic carbocycles. The zero-order valence-corrected chi connectivity index (χ0v) is 72.9. The van der Waals surface area contributed by atoms with E-state index in [1.165, 1.54) is 43.5 Å². The van der Waals surface area contributed by atoms with Gasteiger partial charge in [0, 0.05) is 124 Å². The highest BCUT2D eigenvalue weighted by Gasteiger charge is 2.31. The molecule has 2 aliphatic rings. The third kappa shape index (κ3) is 33.0. The molecular formula is C80H78AlBr4N13O15S3. The second-order valence-electron chi connectivity index (χ2n) is 24.2. The Balaban J connectivity index is 0.000000260. The van der Waals surface area contributed by atoms with Crippen LogP contribution in [0, 0.1) is 0 Å². The van der Waals surface area contributed by atoms with E-state index in [0.29, 0.717) is 79.2 Å². The van der Waals surface area contributed by atoms with Crippen LogP contribution in [-0.2, 0) is 73.2 Å². The number of imide groups is 1. The van der Waals surface area contributed by atoms with Crippen molar-refractivity contribution < 1.29 is 68.3 Å². The van der Waals surface area contributed by atoms with Gasteiger partial charge in [-0.3, -0.25) is 28.8 Å². The number of esters is 2. The number of benzene rings is 7. The van der Waals surface area contributed by atoms with Crippen molar-refractivity contribution in [3.05, 3.63) is 290 Å². The summed E-state index contributed by atoms with van der Waals surface area (Å²) in [5.74, 6) is 4.50. The predicted molar refractivity (Wildman–Crippen MR) is 467 cm³/mol. The molecule has 0 fully saturated rings. The van der Waals surface area contributed by atoms with Crippen molar-refractivity contribution >= 4 is 196 Å². The number of anilines is 7. The molecule has 0 radical (unpaired) electrons. The number of halogens is 4. The minimum atomic E-state index is -3.87. The number of cyclic esters (lactones) is 2. The first-order valence-electron chi connectivity index (χ1n) is 34.1. The molecule has 12 rings (SSSR count). The Hall–Kier alpha value is -11.1. The second kappa shape index (κ2) is 46.4. The average molecular weight is 1900 g/mol.